The molecule has 0 N–H and O–H groups in total. The van der Waals surface area contributed by atoms with Crippen LogP contribution >= 0.6 is 11.6 Å². The number of hydrogen-bond donors (Lipinski definition) is 0. The summed E-state index contributed by atoms with van der Waals surface area (Å²) in [6.45, 7) is 1.30. The number of rotatable bonds is 6. The van der Waals surface area contributed by atoms with E-state index >= 15 is 0 Å². The third kappa shape index (κ3) is 2.73. The molecule has 0 atom stereocenters. The van der Waals surface area contributed by atoms with Crippen LogP contribution in [0.3, 0.4) is 0 Å². The van der Waals surface area contributed by atoms with Crippen molar-refractivity contribution in [2.24, 2.45) is 0 Å². The molecule has 0 saturated heterocycles. The Kier molecular flexibility index (Phi) is 3.91. The van der Waals surface area contributed by atoms with Gasteiger partial charge in [0.2, 0.25) is 0 Å². The van der Waals surface area contributed by atoms with E-state index in [1.165, 1.54) is 6.33 Å². The maximum Gasteiger partial charge on any atom is 0.156 e. The van der Waals surface area contributed by atoms with Gasteiger partial charge in [0.05, 0.1) is 12.2 Å². The molecule has 0 spiro atoms. The van der Waals surface area contributed by atoms with Crippen molar-refractivity contribution in [3.8, 4) is 0 Å². The van der Waals surface area contributed by atoms with Gasteiger partial charge in [0, 0.05) is 19.7 Å². The first-order valence-corrected chi connectivity index (χ1v) is 5.87. The summed E-state index contributed by atoms with van der Waals surface area (Å²) in [5.74, 6) is 0.611. The number of aromatic nitrogens is 2. The Balaban J connectivity index is 2.28. The summed E-state index contributed by atoms with van der Waals surface area (Å²) in [7, 11) is 1.65. The molecule has 1 aromatic rings. The highest BCUT2D eigenvalue weighted by molar-refractivity contribution is 6.32. The van der Waals surface area contributed by atoms with Gasteiger partial charge in [-0.3, -0.25) is 4.79 Å². The highest BCUT2D eigenvalue weighted by Gasteiger charge is 2.31. The van der Waals surface area contributed by atoms with E-state index in [1.54, 1.807) is 7.11 Å². The van der Waals surface area contributed by atoms with Crippen molar-refractivity contribution in [1.29, 1.82) is 0 Å². The van der Waals surface area contributed by atoms with Gasteiger partial charge in [-0.05, 0) is 12.8 Å². The molecule has 2 rings (SSSR count). The summed E-state index contributed by atoms with van der Waals surface area (Å²) in [6, 6.07) is 0.440. The van der Waals surface area contributed by atoms with Crippen LogP contribution in [0.25, 0.3) is 0 Å². The van der Waals surface area contributed by atoms with Gasteiger partial charge < -0.3 is 9.64 Å². The van der Waals surface area contributed by atoms with Crippen LogP contribution in [0.5, 0.6) is 0 Å². The predicted octanol–water partition coefficient (Wildman–Crippen LogP) is 1.56. The second-order valence-corrected chi connectivity index (χ2v) is 4.29. The summed E-state index contributed by atoms with van der Waals surface area (Å²) in [6.07, 6.45) is 4.32. The van der Waals surface area contributed by atoms with E-state index in [2.05, 4.69) is 14.9 Å². The molecule has 1 saturated carbocycles. The predicted molar refractivity (Wildman–Crippen MR) is 64.7 cm³/mol. The molecule has 0 aliphatic heterocycles. The minimum atomic E-state index is 0.202. The Morgan fingerprint density at radius 3 is 2.94 bits per heavy atom. The van der Waals surface area contributed by atoms with Gasteiger partial charge in [0.15, 0.2) is 6.29 Å². The molecular weight excluding hydrogens is 242 g/mol. The van der Waals surface area contributed by atoms with Gasteiger partial charge in [-0.1, -0.05) is 11.6 Å². The number of anilines is 1. The lowest BCUT2D eigenvalue weighted by Crippen LogP contribution is -2.31. The highest BCUT2D eigenvalue weighted by Crippen LogP contribution is 2.32. The first-order chi connectivity index (χ1) is 8.27. The van der Waals surface area contributed by atoms with Crippen molar-refractivity contribution >= 4 is 23.7 Å². The summed E-state index contributed by atoms with van der Waals surface area (Å²) in [5, 5.41) is 0.202. The van der Waals surface area contributed by atoms with Crippen LogP contribution in [0.1, 0.15) is 23.2 Å². The largest absolute Gasteiger partial charge is 0.383 e. The smallest absolute Gasteiger partial charge is 0.156 e. The van der Waals surface area contributed by atoms with Crippen molar-refractivity contribution in [1.82, 2.24) is 9.97 Å². The van der Waals surface area contributed by atoms with Crippen LogP contribution in [0, 0.1) is 0 Å². The number of carbonyl (C=O) groups excluding carboxylic acids is 1. The molecule has 0 radical (unpaired) electrons. The molecule has 1 aromatic heterocycles. The summed E-state index contributed by atoms with van der Waals surface area (Å²) in [5.41, 5.74) is 0.358. The maximum atomic E-state index is 11.0. The molecule has 0 bridgehead atoms. The molecule has 92 valence electrons. The number of hydrogen-bond acceptors (Lipinski definition) is 5. The second kappa shape index (κ2) is 5.42. The zero-order valence-corrected chi connectivity index (χ0v) is 10.4. The zero-order valence-electron chi connectivity index (χ0n) is 9.60. The summed E-state index contributed by atoms with van der Waals surface area (Å²) >= 11 is 5.89. The van der Waals surface area contributed by atoms with Crippen molar-refractivity contribution in [2.45, 2.75) is 18.9 Å². The van der Waals surface area contributed by atoms with E-state index < -0.39 is 0 Å². The van der Waals surface area contributed by atoms with Gasteiger partial charge in [-0.15, -0.1) is 0 Å². The van der Waals surface area contributed by atoms with E-state index in [-0.39, 0.29) is 5.15 Å². The molecule has 1 fully saturated rings. The van der Waals surface area contributed by atoms with Crippen molar-refractivity contribution in [3.05, 3.63) is 17.0 Å². The van der Waals surface area contributed by atoms with Gasteiger partial charge in [0.1, 0.15) is 17.3 Å². The summed E-state index contributed by atoms with van der Waals surface area (Å²) < 4.78 is 5.07. The third-order valence-corrected chi connectivity index (χ3v) is 3.03. The first kappa shape index (κ1) is 12.3. The Morgan fingerprint density at radius 2 is 2.35 bits per heavy atom. The van der Waals surface area contributed by atoms with E-state index in [1.807, 2.05) is 0 Å². The lowest BCUT2D eigenvalue weighted by molar-refractivity contribution is 0.112. The molecule has 5 nitrogen and oxygen atoms in total. The quantitative estimate of drug-likeness (QED) is 0.570. The normalized spacial score (nSPS) is 14.7. The number of halogens is 1. The maximum absolute atomic E-state index is 11.0. The number of nitrogens with zero attached hydrogens (tertiary/aromatic N) is 3. The number of methoxy groups -OCH3 is 1. The van der Waals surface area contributed by atoms with Crippen LogP contribution in [-0.4, -0.2) is 42.6 Å². The molecule has 6 heteroatoms. The molecular formula is C11H14ClN3O2. The standard InChI is InChI=1S/C11H14ClN3O2/c1-17-5-4-15(8-2-3-8)11-9(6-16)10(12)13-7-14-11/h6-8H,2-5H2,1H3. The van der Waals surface area contributed by atoms with E-state index in [0.717, 1.165) is 12.8 Å². The lowest BCUT2D eigenvalue weighted by Gasteiger charge is -2.24. The number of carbonyl (C=O) groups is 1. The molecule has 17 heavy (non-hydrogen) atoms. The Labute approximate surface area is 105 Å². The van der Waals surface area contributed by atoms with Gasteiger partial charge in [0.25, 0.3) is 0 Å². The topological polar surface area (TPSA) is 55.3 Å². The minimum absolute atomic E-state index is 0.202. The van der Waals surface area contributed by atoms with E-state index in [4.69, 9.17) is 16.3 Å². The van der Waals surface area contributed by atoms with Crippen molar-refractivity contribution in [2.75, 3.05) is 25.2 Å². The Morgan fingerprint density at radius 1 is 1.59 bits per heavy atom. The summed E-state index contributed by atoms with van der Waals surface area (Å²) in [4.78, 5) is 21.1. The van der Waals surface area contributed by atoms with E-state index in [9.17, 15) is 4.79 Å². The minimum Gasteiger partial charge on any atom is -0.383 e. The molecule has 0 unspecified atom stereocenters. The Bertz CT molecular complexity index is 410. The fourth-order valence-electron chi connectivity index (χ4n) is 1.73. The van der Waals surface area contributed by atoms with Crippen LogP contribution < -0.4 is 4.90 Å². The Hall–Kier alpha value is -1.20. The molecule has 0 amide bonds. The SMILES string of the molecule is COCCN(c1ncnc(Cl)c1C=O)C1CC1. The highest BCUT2D eigenvalue weighted by atomic mass is 35.5. The van der Waals surface area contributed by atoms with Crippen molar-refractivity contribution in [3.63, 3.8) is 0 Å². The second-order valence-electron chi connectivity index (χ2n) is 3.94. The fraction of sp³-hybridized carbons (Fsp3) is 0.545. The number of aldehydes is 1. The van der Waals surface area contributed by atoms with Gasteiger partial charge in [-0.2, -0.15) is 0 Å². The number of ether oxygens (including phenoxy) is 1. The average molecular weight is 256 g/mol. The monoisotopic (exact) mass is 255 g/mol. The average Bonchev–Trinajstić information content (AvgIpc) is 3.14. The molecule has 1 heterocycles. The van der Waals surface area contributed by atoms with Crippen LogP contribution in [0.2, 0.25) is 5.15 Å². The van der Waals surface area contributed by atoms with Crippen LogP contribution in [-0.2, 0) is 4.74 Å². The zero-order chi connectivity index (χ0) is 12.3. The van der Waals surface area contributed by atoms with E-state index in [0.29, 0.717) is 36.9 Å². The molecule has 0 aromatic carbocycles. The van der Waals surface area contributed by atoms with Gasteiger partial charge in [-0.25, -0.2) is 9.97 Å². The van der Waals surface area contributed by atoms with Crippen LogP contribution in [0.15, 0.2) is 6.33 Å². The van der Waals surface area contributed by atoms with Gasteiger partial charge >= 0.3 is 0 Å². The fourth-order valence-corrected chi connectivity index (χ4v) is 1.91. The molecule has 1 aliphatic rings. The van der Waals surface area contributed by atoms with Crippen LogP contribution in [0.4, 0.5) is 5.82 Å². The molecule has 1 aliphatic carbocycles. The van der Waals surface area contributed by atoms with Crippen molar-refractivity contribution < 1.29 is 9.53 Å². The third-order valence-electron chi connectivity index (χ3n) is 2.73. The lowest BCUT2D eigenvalue weighted by atomic mass is 10.3. The first-order valence-electron chi connectivity index (χ1n) is 5.49.